The van der Waals surface area contributed by atoms with Crippen molar-refractivity contribution in [3.05, 3.63) is 58.6 Å². The molecule has 2 aromatic carbocycles. The van der Waals surface area contributed by atoms with Crippen LogP contribution in [-0.4, -0.2) is 11.2 Å². The maximum Gasteiger partial charge on any atom is 0.0771 e. The number of anilines is 2. The van der Waals surface area contributed by atoms with E-state index in [0.29, 0.717) is 10.7 Å². The van der Waals surface area contributed by atoms with Crippen molar-refractivity contribution in [1.29, 1.82) is 0 Å². The summed E-state index contributed by atoms with van der Waals surface area (Å²) in [7, 11) is 0. The predicted molar refractivity (Wildman–Crippen MR) is 85.1 cm³/mol. The molecule has 0 saturated carbocycles. The van der Waals surface area contributed by atoms with Crippen LogP contribution in [0.1, 0.15) is 24.1 Å². The van der Waals surface area contributed by atoms with E-state index >= 15 is 0 Å². The summed E-state index contributed by atoms with van der Waals surface area (Å²) in [5.41, 5.74) is 9.54. The Labute approximate surface area is 124 Å². The van der Waals surface area contributed by atoms with Gasteiger partial charge in [-0.3, -0.25) is 0 Å². The zero-order valence-electron chi connectivity index (χ0n) is 11.6. The van der Waals surface area contributed by atoms with E-state index in [2.05, 4.69) is 5.32 Å². The summed E-state index contributed by atoms with van der Waals surface area (Å²) in [6.07, 6.45) is -0.559. The summed E-state index contributed by atoms with van der Waals surface area (Å²) in [5, 5.41) is 14.0. The second-order valence-corrected chi connectivity index (χ2v) is 5.44. The highest BCUT2D eigenvalue weighted by Gasteiger charge is 2.18. The third-order valence-electron chi connectivity index (χ3n) is 3.23. The first-order valence-electron chi connectivity index (χ1n) is 6.53. The second kappa shape index (κ2) is 6.16. The van der Waals surface area contributed by atoms with Gasteiger partial charge >= 0.3 is 0 Å². The summed E-state index contributed by atoms with van der Waals surface area (Å²) < 4.78 is 0. The Morgan fingerprint density at radius 3 is 2.40 bits per heavy atom. The molecule has 4 heteroatoms. The van der Waals surface area contributed by atoms with Crippen LogP contribution in [0.25, 0.3) is 0 Å². The number of hydrogen-bond acceptors (Lipinski definition) is 3. The summed E-state index contributed by atoms with van der Waals surface area (Å²) in [4.78, 5) is 0. The molecule has 2 atom stereocenters. The Hall–Kier alpha value is -1.71. The number of benzene rings is 2. The minimum absolute atomic E-state index is 0.239. The molecule has 2 rings (SSSR count). The summed E-state index contributed by atoms with van der Waals surface area (Å²) >= 11 is 5.90. The maximum atomic E-state index is 10.0. The average Bonchev–Trinajstić information content (AvgIpc) is 2.40. The third-order valence-corrected chi connectivity index (χ3v) is 3.48. The first kappa shape index (κ1) is 14.7. The van der Waals surface area contributed by atoms with E-state index in [-0.39, 0.29) is 6.04 Å². The van der Waals surface area contributed by atoms with Gasteiger partial charge in [-0.05, 0) is 49.2 Å². The number of nitrogens with one attached hydrogen (secondary N) is 1. The number of nitrogens with two attached hydrogens (primary N) is 1. The summed E-state index contributed by atoms with van der Waals surface area (Å²) in [5.74, 6) is 0. The van der Waals surface area contributed by atoms with Gasteiger partial charge in [0, 0.05) is 5.02 Å². The van der Waals surface area contributed by atoms with E-state index < -0.39 is 6.10 Å². The molecule has 0 aliphatic carbocycles. The highest BCUT2D eigenvalue weighted by molar-refractivity contribution is 6.30. The minimum Gasteiger partial charge on any atom is -0.397 e. The van der Waals surface area contributed by atoms with E-state index in [4.69, 9.17) is 17.3 Å². The normalized spacial score (nSPS) is 13.8. The predicted octanol–water partition coefficient (Wildman–Crippen LogP) is 3.76. The van der Waals surface area contributed by atoms with Gasteiger partial charge in [-0.1, -0.05) is 29.8 Å². The quantitative estimate of drug-likeness (QED) is 0.751. The number of hydrogen-bond donors (Lipinski definition) is 3. The van der Waals surface area contributed by atoms with Crippen LogP contribution in [0.15, 0.2) is 42.5 Å². The van der Waals surface area contributed by atoms with Gasteiger partial charge in [0.2, 0.25) is 0 Å². The molecule has 0 fully saturated rings. The monoisotopic (exact) mass is 290 g/mol. The molecule has 0 saturated heterocycles. The largest absolute Gasteiger partial charge is 0.397 e. The van der Waals surface area contributed by atoms with Gasteiger partial charge in [-0.15, -0.1) is 0 Å². The molecule has 0 spiro atoms. The highest BCUT2D eigenvalue weighted by atomic mass is 35.5. The zero-order valence-corrected chi connectivity index (χ0v) is 12.4. The topological polar surface area (TPSA) is 58.3 Å². The second-order valence-electron chi connectivity index (χ2n) is 5.00. The Bertz CT molecular complexity index is 582. The van der Waals surface area contributed by atoms with E-state index in [9.17, 15) is 5.11 Å². The fourth-order valence-electron chi connectivity index (χ4n) is 2.12. The lowest BCUT2D eigenvalue weighted by Gasteiger charge is -2.24. The molecule has 106 valence electrons. The lowest BCUT2D eigenvalue weighted by atomic mass is 10.0. The number of halogens is 1. The molecular formula is C16H19ClN2O. The van der Waals surface area contributed by atoms with Crippen molar-refractivity contribution in [3.8, 4) is 0 Å². The van der Waals surface area contributed by atoms with E-state index in [0.717, 1.165) is 16.8 Å². The fourth-order valence-corrected chi connectivity index (χ4v) is 2.24. The molecule has 3 nitrogen and oxygen atoms in total. The van der Waals surface area contributed by atoms with Crippen molar-refractivity contribution in [2.24, 2.45) is 0 Å². The molecular weight excluding hydrogens is 272 g/mol. The van der Waals surface area contributed by atoms with Crippen LogP contribution in [0.3, 0.4) is 0 Å². The van der Waals surface area contributed by atoms with Crippen molar-refractivity contribution in [2.75, 3.05) is 11.1 Å². The molecule has 2 aromatic rings. The maximum absolute atomic E-state index is 10.0. The van der Waals surface area contributed by atoms with Crippen LogP contribution < -0.4 is 11.1 Å². The van der Waals surface area contributed by atoms with Gasteiger partial charge in [0.15, 0.2) is 0 Å². The molecule has 0 aliphatic rings. The third kappa shape index (κ3) is 3.44. The van der Waals surface area contributed by atoms with Crippen LogP contribution >= 0.6 is 11.6 Å². The SMILES string of the molecule is Cc1ccc(N)c(NC(c2ccc(Cl)cc2)C(C)O)c1. The molecule has 0 aliphatic heterocycles. The lowest BCUT2D eigenvalue weighted by Crippen LogP contribution is -2.23. The van der Waals surface area contributed by atoms with Crippen LogP contribution in [0.4, 0.5) is 11.4 Å². The Morgan fingerprint density at radius 2 is 1.80 bits per heavy atom. The van der Waals surface area contributed by atoms with Gasteiger partial charge in [0.05, 0.1) is 23.5 Å². The number of aliphatic hydroxyl groups excluding tert-OH is 1. The van der Waals surface area contributed by atoms with Crippen molar-refractivity contribution < 1.29 is 5.11 Å². The van der Waals surface area contributed by atoms with Gasteiger partial charge in [0.25, 0.3) is 0 Å². The molecule has 0 radical (unpaired) electrons. The first-order chi connectivity index (χ1) is 9.47. The van der Waals surface area contributed by atoms with Gasteiger partial charge in [0.1, 0.15) is 0 Å². The number of aliphatic hydroxyl groups is 1. The zero-order chi connectivity index (χ0) is 14.7. The number of rotatable bonds is 4. The Kier molecular flexibility index (Phi) is 4.53. The van der Waals surface area contributed by atoms with E-state index in [1.165, 1.54) is 0 Å². The Morgan fingerprint density at radius 1 is 1.15 bits per heavy atom. The standard InChI is InChI=1S/C16H19ClN2O/c1-10-3-8-14(18)15(9-10)19-16(11(2)20)12-4-6-13(17)7-5-12/h3-9,11,16,19-20H,18H2,1-2H3. The van der Waals surface area contributed by atoms with E-state index in [1.807, 2.05) is 49.4 Å². The minimum atomic E-state index is -0.559. The number of nitrogen functional groups attached to an aromatic ring is 1. The molecule has 0 amide bonds. The van der Waals surface area contributed by atoms with Gasteiger partial charge in [-0.25, -0.2) is 0 Å². The highest BCUT2D eigenvalue weighted by Crippen LogP contribution is 2.28. The Balaban J connectivity index is 2.30. The van der Waals surface area contributed by atoms with Crippen LogP contribution in [0.2, 0.25) is 5.02 Å². The van der Waals surface area contributed by atoms with Crippen molar-refractivity contribution >= 4 is 23.0 Å². The average molecular weight is 291 g/mol. The number of aryl methyl sites for hydroxylation is 1. The fraction of sp³-hybridized carbons (Fsp3) is 0.250. The van der Waals surface area contributed by atoms with Crippen molar-refractivity contribution in [1.82, 2.24) is 0 Å². The van der Waals surface area contributed by atoms with Crippen LogP contribution in [0.5, 0.6) is 0 Å². The molecule has 20 heavy (non-hydrogen) atoms. The van der Waals surface area contributed by atoms with Crippen LogP contribution in [-0.2, 0) is 0 Å². The van der Waals surface area contributed by atoms with Crippen molar-refractivity contribution in [2.45, 2.75) is 26.0 Å². The molecule has 0 heterocycles. The summed E-state index contributed by atoms with van der Waals surface area (Å²) in [6.45, 7) is 3.75. The van der Waals surface area contributed by atoms with Gasteiger partial charge < -0.3 is 16.2 Å². The van der Waals surface area contributed by atoms with Gasteiger partial charge in [-0.2, -0.15) is 0 Å². The van der Waals surface area contributed by atoms with E-state index in [1.54, 1.807) is 6.92 Å². The molecule has 2 unspecified atom stereocenters. The smallest absolute Gasteiger partial charge is 0.0771 e. The molecule has 0 bridgehead atoms. The van der Waals surface area contributed by atoms with Crippen molar-refractivity contribution in [3.63, 3.8) is 0 Å². The first-order valence-corrected chi connectivity index (χ1v) is 6.91. The summed E-state index contributed by atoms with van der Waals surface area (Å²) in [6, 6.07) is 13.0. The molecule has 4 N–H and O–H groups in total. The lowest BCUT2D eigenvalue weighted by molar-refractivity contribution is 0.172. The van der Waals surface area contributed by atoms with Crippen LogP contribution in [0, 0.1) is 6.92 Å². The molecule has 0 aromatic heterocycles.